The van der Waals surface area contributed by atoms with E-state index in [4.69, 9.17) is 9.47 Å². The molecule has 0 saturated carbocycles. The molecule has 5 nitrogen and oxygen atoms in total. The number of H-pyrrole nitrogens is 1. The maximum absolute atomic E-state index is 13.3. The van der Waals surface area contributed by atoms with E-state index in [0.29, 0.717) is 12.3 Å². The summed E-state index contributed by atoms with van der Waals surface area (Å²) < 4.78 is 10.9. The zero-order valence-electron chi connectivity index (χ0n) is 16.6. The highest BCUT2D eigenvalue weighted by Crippen LogP contribution is 2.30. The summed E-state index contributed by atoms with van der Waals surface area (Å²) in [5.74, 6) is 1.57. The van der Waals surface area contributed by atoms with E-state index in [0.717, 1.165) is 38.4 Å². The van der Waals surface area contributed by atoms with Crippen molar-refractivity contribution in [1.82, 2.24) is 4.98 Å². The van der Waals surface area contributed by atoms with E-state index < -0.39 is 0 Å². The Morgan fingerprint density at radius 3 is 2.56 bits per heavy atom. The van der Waals surface area contributed by atoms with E-state index >= 15 is 0 Å². The van der Waals surface area contributed by atoms with Crippen LogP contribution in [0.1, 0.15) is 28.5 Å². The van der Waals surface area contributed by atoms with Gasteiger partial charge in [0.1, 0.15) is 12.6 Å². The fourth-order valence-corrected chi connectivity index (χ4v) is 3.58. The average Bonchev–Trinajstić information content (AvgIpc) is 3.02. The highest BCUT2D eigenvalue weighted by Gasteiger charge is 2.28. The normalized spacial score (nSPS) is 13.4. The maximum Gasteiger partial charge on any atom is 0.222 e. The van der Waals surface area contributed by atoms with Crippen molar-refractivity contribution in [3.8, 4) is 11.5 Å². The summed E-state index contributed by atoms with van der Waals surface area (Å²) >= 11 is 0. The number of fused-ring (bicyclic) bond motifs is 1. The SMILES string of the molecule is COc1cccc(C[NH+](C)[C@@H](C)C(=O)c2c(C)[nH]c3ccccc23)c1OC. The molecule has 142 valence electrons. The smallest absolute Gasteiger partial charge is 0.222 e. The topological polar surface area (TPSA) is 55.8 Å². The van der Waals surface area contributed by atoms with Crippen LogP contribution in [0.2, 0.25) is 0 Å². The molecular weight excluding hydrogens is 340 g/mol. The fourth-order valence-electron chi connectivity index (χ4n) is 3.58. The van der Waals surface area contributed by atoms with Crippen molar-refractivity contribution in [2.24, 2.45) is 0 Å². The van der Waals surface area contributed by atoms with Gasteiger partial charge in [0.05, 0.1) is 32.4 Å². The fraction of sp³-hybridized carbons (Fsp3) is 0.318. The van der Waals surface area contributed by atoms with Gasteiger partial charge in [-0.25, -0.2) is 0 Å². The second kappa shape index (κ2) is 7.84. The van der Waals surface area contributed by atoms with E-state index in [-0.39, 0.29) is 11.8 Å². The molecule has 0 saturated heterocycles. The number of aromatic amines is 1. The molecule has 3 aromatic rings. The molecular formula is C22H27N2O3+. The zero-order valence-corrected chi connectivity index (χ0v) is 16.6. The Morgan fingerprint density at radius 2 is 1.85 bits per heavy atom. The van der Waals surface area contributed by atoms with Gasteiger partial charge in [0.2, 0.25) is 5.78 Å². The molecule has 0 bridgehead atoms. The first-order chi connectivity index (χ1) is 13.0. The Morgan fingerprint density at radius 1 is 1.11 bits per heavy atom. The Labute approximate surface area is 159 Å². The van der Waals surface area contributed by atoms with Gasteiger partial charge in [-0.1, -0.05) is 24.3 Å². The second-order valence-electron chi connectivity index (χ2n) is 6.93. The van der Waals surface area contributed by atoms with Gasteiger partial charge in [-0.15, -0.1) is 0 Å². The molecule has 1 unspecified atom stereocenters. The van der Waals surface area contributed by atoms with Gasteiger partial charge < -0.3 is 19.4 Å². The van der Waals surface area contributed by atoms with E-state index in [1.165, 1.54) is 0 Å². The first kappa shape index (κ1) is 19.0. The van der Waals surface area contributed by atoms with Crippen LogP contribution in [0, 0.1) is 6.92 Å². The van der Waals surface area contributed by atoms with Crippen molar-refractivity contribution in [2.75, 3.05) is 21.3 Å². The van der Waals surface area contributed by atoms with Crippen LogP contribution in [-0.2, 0) is 6.54 Å². The summed E-state index contributed by atoms with van der Waals surface area (Å²) in [7, 11) is 5.30. The standard InChI is InChI=1S/C22H26N2O3/c1-14-20(17-10-6-7-11-18(17)23-14)21(25)15(2)24(3)13-16-9-8-12-19(26-4)22(16)27-5/h6-12,15,23H,13H2,1-5H3/p+1/t15-/m0/s1. The molecule has 1 heterocycles. The van der Waals surface area contributed by atoms with Crippen molar-refractivity contribution in [1.29, 1.82) is 0 Å². The number of methoxy groups -OCH3 is 2. The minimum atomic E-state index is -0.196. The second-order valence-corrected chi connectivity index (χ2v) is 6.93. The van der Waals surface area contributed by atoms with Gasteiger partial charge >= 0.3 is 0 Å². The summed E-state index contributed by atoms with van der Waals surface area (Å²) in [6.07, 6.45) is 0. The van der Waals surface area contributed by atoms with Crippen LogP contribution in [0.3, 0.4) is 0 Å². The number of likely N-dealkylation sites (N-methyl/N-ethyl adjacent to an activating group) is 1. The predicted octanol–water partition coefficient (Wildman–Crippen LogP) is 2.78. The van der Waals surface area contributed by atoms with E-state index in [9.17, 15) is 4.79 Å². The lowest BCUT2D eigenvalue weighted by molar-refractivity contribution is -0.907. The summed E-state index contributed by atoms with van der Waals surface area (Å²) in [6.45, 7) is 4.60. The van der Waals surface area contributed by atoms with Gasteiger partial charge in [0.15, 0.2) is 11.5 Å². The molecule has 2 atom stereocenters. The average molecular weight is 367 g/mol. The third-order valence-electron chi connectivity index (χ3n) is 5.23. The number of benzene rings is 2. The zero-order chi connectivity index (χ0) is 19.6. The minimum Gasteiger partial charge on any atom is -0.493 e. The number of aromatic nitrogens is 1. The van der Waals surface area contributed by atoms with Crippen molar-refractivity contribution < 1.29 is 19.2 Å². The van der Waals surface area contributed by atoms with E-state index in [1.807, 2.05) is 63.4 Å². The number of hydrogen-bond donors (Lipinski definition) is 2. The highest BCUT2D eigenvalue weighted by molar-refractivity contribution is 6.10. The van der Waals surface area contributed by atoms with E-state index in [2.05, 4.69) is 4.98 Å². The molecule has 0 aliphatic carbocycles. The molecule has 2 aromatic carbocycles. The number of carbonyl (C=O) groups is 1. The third-order valence-corrected chi connectivity index (χ3v) is 5.23. The van der Waals surface area contributed by atoms with Gasteiger partial charge in [-0.2, -0.15) is 0 Å². The van der Waals surface area contributed by atoms with Gasteiger partial charge in [0, 0.05) is 16.6 Å². The summed E-state index contributed by atoms with van der Waals surface area (Å²) in [5, 5.41) is 0.985. The molecule has 3 rings (SSSR count). The molecule has 1 aromatic heterocycles. The predicted molar refractivity (Wildman–Crippen MR) is 107 cm³/mol. The number of aryl methyl sites for hydroxylation is 1. The van der Waals surface area contributed by atoms with Crippen molar-refractivity contribution in [3.05, 3.63) is 59.3 Å². The molecule has 0 spiro atoms. The third kappa shape index (κ3) is 3.55. The monoisotopic (exact) mass is 367 g/mol. The van der Waals surface area contributed by atoms with Crippen LogP contribution in [0.5, 0.6) is 11.5 Å². The molecule has 0 aliphatic heterocycles. The number of ketones is 1. The molecule has 0 fully saturated rings. The van der Waals surface area contributed by atoms with Gasteiger partial charge in [0.25, 0.3) is 0 Å². The number of carbonyl (C=O) groups excluding carboxylic acids is 1. The van der Waals surface area contributed by atoms with Crippen LogP contribution < -0.4 is 14.4 Å². The number of ether oxygens (including phenoxy) is 2. The number of rotatable bonds is 7. The number of quaternary nitrogens is 1. The van der Waals surface area contributed by atoms with Crippen LogP contribution >= 0.6 is 0 Å². The van der Waals surface area contributed by atoms with E-state index in [1.54, 1.807) is 14.2 Å². The number of nitrogens with one attached hydrogen (secondary N) is 2. The lowest BCUT2D eigenvalue weighted by Gasteiger charge is -2.22. The molecule has 5 heteroatoms. The maximum atomic E-state index is 13.3. The highest BCUT2D eigenvalue weighted by atomic mass is 16.5. The molecule has 2 N–H and O–H groups in total. The summed E-state index contributed by atoms with van der Waals surface area (Å²) in [5.41, 5.74) is 3.72. The molecule has 0 amide bonds. The Balaban J connectivity index is 1.86. The quantitative estimate of drug-likeness (QED) is 0.632. The van der Waals surface area contributed by atoms with Crippen LogP contribution in [0.25, 0.3) is 10.9 Å². The van der Waals surface area contributed by atoms with Crippen LogP contribution in [0.15, 0.2) is 42.5 Å². The molecule has 27 heavy (non-hydrogen) atoms. The van der Waals surface area contributed by atoms with Crippen molar-refractivity contribution in [2.45, 2.75) is 26.4 Å². The van der Waals surface area contributed by atoms with Crippen molar-refractivity contribution >= 4 is 16.7 Å². The number of Topliss-reactive ketones (excluding diaryl/α,β-unsaturated/α-hetero) is 1. The summed E-state index contributed by atoms with van der Waals surface area (Å²) in [4.78, 5) is 17.7. The Kier molecular flexibility index (Phi) is 5.51. The number of para-hydroxylation sites is 2. The largest absolute Gasteiger partial charge is 0.493 e. The Bertz CT molecular complexity index is 961. The molecule has 0 aliphatic rings. The lowest BCUT2D eigenvalue weighted by Crippen LogP contribution is -3.12. The first-order valence-electron chi connectivity index (χ1n) is 9.11. The molecule has 0 radical (unpaired) electrons. The minimum absolute atomic E-state index is 0.143. The summed E-state index contributed by atoms with van der Waals surface area (Å²) in [6, 6.07) is 13.6. The van der Waals surface area contributed by atoms with Crippen molar-refractivity contribution in [3.63, 3.8) is 0 Å². The van der Waals surface area contributed by atoms with Gasteiger partial charge in [-0.05, 0) is 32.0 Å². The number of hydrogen-bond acceptors (Lipinski definition) is 3. The van der Waals surface area contributed by atoms with Crippen LogP contribution in [-0.4, -0.2) is 38.1 Å². The first-order valence-corrected chi connectivity index (χ1v) is 9.11. The van der Waals surface area contributed by atoms with Crippen LogP contribution in [0.4, 0.5) is 0 Å². The Hall–Kier alpha value is -2.79. The lowest BCUT2D eigenvalue weighted by atomic mass is 10.0. The van der Waals surface area contributed by atoms with Gasteiger partial charge in [-0.3, -0.25) is 4.79 Å².